The Morgan fingerprint density at radius 1 is 1.05 bits per heavy atom. The molecule has 0 saturated heterocycles. The number of hydrogen-bond acceptors (Lipinski definition) is 2. The zero-order chi connectivity index (χ0) is 15.9. The summed E-state index contributed by atoms with van der Waals surface area (Å²) in [6, 6.07) is 12.6. The third-order valence-electron chi connectivity index (χ3n) is 3.64. The van der Waals surface area contributed by atoms with Crippen molar-refractivity contribution >= 4 is 21.3 Å². The minimum atomic E-state index is -3.87. The van der Waals surface area contributed by atoms with Crippen molar-refractivity contribution in [2.24, 2.45) is 0 Å². The summed E-state index contributed by atoms with van der Waals surface area (Å²) in [5, 5.41) is 0. The Balaban J connectivity index is 2.14. The second kappa shape index (κ2) is 5.21. The van der Waals surface area contributed by atoms with Gasteiger partial charge in [0.2, 0.25) is 0 Å². The van der Waals surface area contributed by atoms with E-state index in [1.807, 2.05) is 6.92 Å². The zero-order valence-corrected chi connectivity index (χ0v) is 12.6. The molecule has 0 bridgehead atoms. The number of aryl methyl sites for hydroxylation is 1. The Morgan fingerprint density at radius 3 is 2.32 bits per heavy atom. The van der Waals surface area contributed by atoms with Gasteiger partial charge in [0.15, 0.2) is 0 Å². The van der Waals surface area contributed by atoms with Crippen molar-refractivity contribution in [2.45, 2.75) is 11.8 Å². The third kappa shape index (κ3) is 2.29. The molecule has 1 heterocycles. The average molecular weight is 321 g/mol. The Bertz CT molecular complexity index is 854. The van der Waals surface area contributed by atoms with Crippen LogP contribution >= 0.6 is 0 Å². The topological polar surface area (TPSA) is 37.4 Å². The summed E-state index contributed by atoms with van der Waals surface area (Å²) in [7, 11) is -3.87. The van der Waals surface area contributed by atoms with Crippen LogP contribution in [0.25, 0.3) is 5.57 Å². The van der Waals surface area contributed by atoms with E-state index in [1.54, 1.807) is 24.3 Å². The molecule has 6 heteroatoms. The highest BCUT2D eigenvalue weighted by atomic mass is 32.2. The number of sulfonamides is 1. The van der Waals surface area contributed by atoms with E-state index in [1.165, 1.54) is 24.3 Å². The molecule has 3 nitrogen and oxygen atoms in total. The summed E-state index contributed by atoms with van der Waals surface area (Å²) < 4.78 is 52.7. The minimum Gasteiger partial charge on any atom is -0.261 e. The smallest absolute Gasteiger partial charge is 0.261 e. The molecule has 0 unspecified atom stereocenters. The number of hydrogen-bond donors (Lipinski definition) is 0. The molecular formula is C16H13F2NO2S. The molecule has 3 rings (SSSR count). The molecule has 0 fully saturated rings. The van der Waals surface area contributed by atoms with E-state index < -0.39 is 16.1 Å². The van der Waals surface area contributed by atoms with Gasteiger partial charge in [0.25, 0.3) is 16.1 Å². The SMILES string of the molecule is Cc1ccc(S(=O)(=O)N2CC(=C(F)F)c3ccccc32)cc1. The predicted octanol–water partition coefficient (Wildman–Crippen LogP) is 3.81. The van der Waals surface area contributed by atoms with Crippen molar-refractivity contribution in [3.8, 4) is 0 Å². The van der Waals surface area contributed by atoms with Crippen LogP contribution in [0.2, 0.25) is 0 Å². The quantitative estimate of drug-likeness (QED) is 0.843. The number of para-hydroxylation sites is 1. The van der Waals surface area contributed by atoms with Gasteiger partial charge in [-0.1, -0.05) is 35.9 Å². The fraction of sp³-hybridized carbons (Fsp3) is 0.125. The minimum absolute atomic E-state index is 0.0911. The lowest BCUT2D eigenvalue weighted by Gasteiger charge is -2.19. The summed E-state index contributed by atoms with van der Waals surface area (Å²) in [4.78, 5) is 0.0911. The van der Waals surface area contributed by atoms with E-state index >= 15 is 0 Å². The summed E-state index contributed by atoms with van der Waals surface area (Å²) in [5.74, 6) is 0. The van der Waals surface area contributed by atoms with E-state index in [4.69, 9.17) is 0 Å². The van der Waals surface area contributed by atoms with Gasteiger partial charge in [-0.05, 0) is 25.1 Å². The average Bonchev–Trinajstić information content (AvgIpc) is 2.88. The molecule has 0 N–H and O–H groups in total. The second-order valence-electron chi connectivity index (χ2n) is 5.08. The van der Waals surface area contributed by atoms with E-state index in [2.05, 4.69) is 0 Å². The van der Waals surface area contributed by atoms with E-state index in [0.29, 0.717) is 0 Å². The molecule has 22 heavy (non-hydrogen) atoms. The van der Waals surface area contributed by atoms with E-state index in [0.717, 1.165) is 9.87 Å². The molecule has 0 spiro atoms. The van der Waals surface area contributed by atoms with Crippen molar-refractivity contribution in [3.63, 3.8) is 0 Å². The molecule has 0 aliphatic carbocycles. The molecule has 0 radical (unpaired) electrons. The van der Waals surface area contributed by atoms with Gasteiger partial charge in [-0.25, -0.2) is 8.42 Å². The fourth-order valence-corrected chi connectivity index (χ4v) is 3.93. The van der Waals surface area contributed by atoms with Gasteiger partial charge in [-0.15, -0.1) is 0 Å². The Kier molecular flexibility index (Phi) is 3.48. The van der Waals surface area contributed by atoms with Crippen LogP contribution in [-0.4, -0.2) is 15.0 Å². The first-order valence-corrected chi connectivity index (χ1v) is 8.08. The Hall–Kier alpha value is -2.21. The van der Waals surface area contributed by atoms with Crippen LogP contribution in [0.1, 0.15) is 11.1 Å². The van der Waals surface area contributed by atoms with Crippen molar-refractivity contribution in [3.05, 3.63) is 65.7 Å². The van der Waals surface area contributed by atoms with Gasteiger partial charge in [0, 0.05) is 11.1 Å². The molecule has 0 atom stereocenters. The van der Waals surface area contributed by atoms with Crippen LogP contribution in [0.15, 0.2) is 59.5 Å². The fourth-order valence-electron chi connectivity index (χ4n) is 2.47. The van der Waals surface area contributed by atoms with Gasteiger partial charge in [-0.3, -0.25) is 4.31 Å². The van der Waals surface area contributed by atoms with E-state index in [-0.39, 0.29) is 28.3 Å². The van der Waals surface area contributed by atoms with Crippen LogP contribution in [0.4, 0.5) is 14.5 Å². The summed E-state index contributed by atoms with van der Waals surface area (Å²) >= 11 is 0. The maximum Gasteiger partial charge on any atom is 0.275 e. The third-order valence-corrected chi connectivity index (χ3v) is 5.41. The molecule has 2 aromatic rings. The molecule has 1 aliphatic rings. The number of halogens is 2. The highest BCUT2D eigenvalue weighted by Crippen LogP contribution is 2.40. The van der Waals surface area contributed by atoms with Gasteiger partial charge in [0.1, 0.15) is 0 Å². The van der Waals surface area contributed by atoms with Crippen LogP contribution < -0.4 is 4.31 Å². The van der Waals surface area contributed by atoms with Crippen molar-refractivity contribution in [2.75, 3.05) is 10.8 Å². The van der Waals surface area contributed by atoms with Crippen LogP contribution in [0, 0.1) is 6.92 Å². The Morgan fingerprint density at radius 2 is 1.68 bits per heavy atom. The van der Waals surface area contributed by atoms with Gasteiger partial charge >= 0.3 is 0 Å². The maximum absolute atomic E-state index is 13.1. The number of anilines is 1. The van der Waals surface area contributed by atoms with Gasteiger partial charge in [-0.2, -0.15) is 8.78 Å². The summed E-state index contributed by atoms with van der Waals surface area (Å²) in [6.07, 6.45) is -1.85. The van der Waals surface area contributed by atoms with Crippen LogP contribution in [0.5, 0.6) is 0 Å². The molecule has 1 aliphatic heterocycles. The molecule has 0 aromatic heterocycles. The molecule has 0 amide bonds. The molecule has 2 aromatic carbocycles. The zero-order valence-electron chi connectivity index (χ0n) is 11.8. The lowest BCUT2D eigenvalue weighted by molar-refractivity contribution is 0.425. The highest BCUT2D eigenvalue weighted by Gasteiger charge is 2.35. The number of benzene rings is 2. The predicted molar refractivity (Wildman–Crippen MR) is 81.3 cm³/mol. The lowest BCUT2D eigenvalue weighted by atomic mass is 10.1. The maximum atomic E-state index is 13.1. The second-order valence-corrected chi connectivity index (χ2v) is 6.94. The summed E-state index contributed by atoms with van der Waals surface area (Å²) in [5.41, 5.74) is 1.23. The number of nitrogens with zero attached hydrogens (tertiary/aromatic N) is 1. The van der Waals surface area contributed by atoms with Crippen molar-refractivity contribution in [1.29, 1.82) is 0 Å². The van der Waals surface area contributed by atoms with Crippen molar-refractivity contribution in [1.82, 2.24) is 0 Å². The summed E-state index contributed by atoms with van der Waals surface area (Å²) in [6.45, 7) is 1.50. The van der Waals surface area contributed by atoms with Gasteiger partial charge < -0.3 is 0 Å². The van der Waals surface area contributed by atoms with Crippen LogP contribution in [-0.2, 0) is 10.0 Å². The van der Waals surface area contributed by atoms with E-state index in [9.17, 15) is 17.2 Å². The molecule has 114 valence electrons. The monoisotopic (exact) mass is 321 g/mol. The Labute approximate surface area is 127 Å². The lowest BCUT2D eigenvalue weighted by Crippen LogP contribution is -2.28. The first-order valence-electron chi connectivity index (χ1n) is 6.64. The van der Waals surface area contributed by atoms with Gasteiger partial charge in [0.05, 0.1) is 17.1 Å². The first-order chi connectivity index (χ1) is 10.4. The normalized spacial score (nSPS) is 14.1. The number of fused-ring (bicyclic) bond motifs is 1. The molecule has 0 saturated carbocycles. The van der Waals surface area contributed by atoms with Crippen LogP contribution in [0.3, 0.4) is 0 Å². The highest BCUT2D eigenvalue weighted by molar-refractivity contribution is 7.92. The first kappa shape index (κ1) is 14.7. The number of rotatable bonds is 2. The van der Waals surface area contributed by atoms with Crippen molar-refractivity contribution < 1.29 is 17.2 Å². The largest absolute Gasteiger partial charge is 0.275 e. The molecular weight excluding hydrogens is 308 g/mol. The standard InChI is InChI=1S/C16H13F2NO2S/c1-11-6-8-12(9-7-11)22(20,21)19-10-14(16(17)18)13-4-2-3-5-15(13)19/h2-9H,10H2,1H3.